The topological polar surface area (TPSA) is 88.1 Å². The number of anilines is 2. The Hall–Kier alpha value is -2.84. The summed E-state index contributed by atoms with van der Waals surface area (Å²) in [7, 11) is 0. The van der Waals surface area contributed by atoms with Crippen LogP contribution in [-0.4, -0.2) is 65.9 Å². The third-order valence-electron chi connectivity index (χ3n) is 5.79. The van der Waals surface area contributed by atoms with Crippen molar-refractivity contribution in [1.82, 2.24) is 25.3 Å². The summed E-state index contributed by atoms with van der Waals surface area (Å²) in [6.07, 6.45) is 7.79. The first-order valence-corrected chi connectivity index (χ1v) is 10.7. The van der Waals surface area contributed by atoms with Crippen molar-refractivity contribution in [3.8, 4) is 11.3 Å². The first kappa shape index (κ1) is 19.1. The molecule has 0 unspecified atom stereocenters. The third-order valence-corrected chi connectivity index (χ3v) is 5.79. The Balaban J connectivity index is 1.41. The van der Waals surface area contributed by atoms with Gasteiger partial charge >= 0.3 is 0 Å². The van der Waals surface area contributed by atoms with E-state index in [0.29, 0.717) is 5.92 Å². The van der Waals surface area contributed by atoms with Gasteiger partial charge in [0.05, 0.1) is 24.4 Å². The number of hydrogen-bond acceptors (Lipinski definition) is 8. The number of rotatable bonds is 5. The van der Waals surface area contributed by atoms with Gasteiger partial charge in [0.25, 0.3) is 0 Å². The summed E-state index contributed by atoms with van der Waals surface area (Å²) in [6, 6.07) is 6.13. The Morgan fingerprint density at radius 1 is 1.13 bits per heavy atom. The summed E-state index contributed by atoms with van der Waals surface area (Å²) in [5.41, 5.74) is 3.47. The molecule has 1 atom stereocenters. The molecule has 0 saturated carbocycles. The molecule has 2 saturated heterocycles. The lowest BCUT2D eigenvalue weighted by Gasteiger charge is -2.27. The molecule has 0 bridgehead atoms. The lowest BCUT2D eigenvalue weighted by Crippen LogP contribution is -2.36. The van der Waals surface area contributed by atoms with Crippen LogP contribution in [0.1, 0.15) is 12.8 Å². The molecule has 2 fully saturated rings. The van der Waals surface area contributed by atoms with Crippen LogP contribution in [0.4, 0.5) is 11.6 Å². The van der Waals surface area contributed by atoms with E-state index in [-0.39, 0.29) is 0 Å². The average molecular weight is 406 g/mol. The van der Waals surface area contributed by atoms with Crippen molar-refractivity contribution >= 4 is 22.7 Å². The molecule has 2 N–H and O–H groups in total. The lowest BCUT2D eigenvalue weighted by atomic mass is 10.00. The molecule has 2 aliphatic heterocycles. The van der Waals surface area contributed by atoms with E-state index in [1.54, 1.807) is 12.4 Å². The van der Waals surface area contributed by atoms with E-state index in [0.717, 1.165) is 79.9 Å². The molecular weight excluding hydrogens is 378 g/mol. The number of nitrogens with one attached hydrogen (secondary N) is 2. The highest BCUT2D eigenvalue weighted by molar-refractivity contribution is 5.88. The molecule has 2 aliphatic rings. The number of hydrogen-bond donors (Lipinski definition) is 2. The summed E-state index contributed by atoms with van der Waals surface area (Å²) in [4.78, 5) is 20.8. The molecule has 0 spiro atoms. The molecule has 0 radical (unpaired) electrons. The zero-order valence-corrected chi connectivity index (χ0v) is 17.0. The fourth-order valence-corrected chi connectivity index (χ4v) is 4.10. The molecule has 8 heteroatoms. The average Bonchev–Trinajstić information content (AvgIpc) is 2.84. The number of pyridine rings is 2. The second kappa shape index (κ2) is 8.89. The SMILES string of the molecule is c1cnc2c(NC[C@@H]3CCCNC3)nc(-c3ccc(N4CCOCC4)nc3)cc2n1. The molecule has 0 amide bonds. The van der Waals surface area contributed by atoms with Crippen molar-refractivity contribution in [2.75, 3.05) is 56.2 Å². The highest BCUT2D eigenvalue weighted by atomic mass is 16.5. The van der Waals surface area contributed by atoms with E-state index >= 15 is 0 Å². The quantitative estimate of drug-likeness (QED) is 0.669. The first-order chi connectivity index (χ1) is 14.9. The lowest BCUT2D eigenvalue weighted by molar-refractivity contribution is 0.122. The van der Waals surface area contributed by atoms with Crippen molar-refractivity contribution in [2.24, 2.45) is 5.92 Å². The van der Waals surface area contributed by atoms with Gasteiger partial charge in [0, 0.05) is 43.8 Å². The molecule has 8 nitrogen and oxygen atoms in total. The summed E-state index contributed by atoms with van der Waals surface area (Å²) in [5, 5.41) is 7.00. The van der Waals surface area contributed by atoms with Crippen molar-refractivity contribution in [2.45, 2.75) is 12.8 Å². The Kier molecular flexibility index (Phi) is 5.67. The number of nitrogens with zero attached hydrogens (tertiary/aromatic N) is 5. The second-order valence-electron chi connectivity index (χ2n) is 7.88. The largest absolute Gasteiger partial charge is 0.378 e. The zero-order chi connectivity index (χ0) is 20.2. The van der Waals surface area contributed by atoms with Crippen LogP contribution in [-0.2, 0) is 4.74 Å². The van der Waals surface area contributed by atoms with Crippen LogP contribution in [0.5, 0.6) is 0 Å². The van der Waals surface area contributed by atoms with Crippen LogP contribution in [0, 0.1) is 5.92 Å². The molecule has 3 aromatic rings. The van der Waals surface area contributed by atoms with Gasteiger partial charge in [-0.15, -0.1) is 0 Å². The van der Waals surface area contributed by atoms with Crippen LogP contribution in [0.25, 0.3) is 22.3 Å². The van der Waals surface area contributed by atoms with Gasteiger partial charge in [-0.1, -0.05) is 0 Å². The van der Waals surface area contributed by atoms with Crippen molar-refractivity contribution in [1.29, 1.82) is 0 Å². The van der Waals surface area contributed by atoms with Crippen molar-refractivity contribution in [3.05, 3.63) is 36.8 Å². The standard InChI is InChI=1S/C22H27N7O/c1-2-16(13-23-5-1)14-27-22-21-19(24-6-7-25-21)12-18(28-22)17-3-4-20(26-15-17)29-8-10-30-11-9-29/h3-4,6-7,12,15-16,23H,1-2,5,8-11,13-14H2,(H,27,28)/t16-/m1/s1. The molecule has 156 valence electrons. The fourth-order valence-electron chi connectivity index (χ4n) is 4.10. The van der Waals surface area contributed by atoms with Gasteiger partial charge in [0.1, 0.15) is 11.3 Å². The van der Waals surface area contributed by atoms with Gasteiger partial charge < -0.3 is 20.3 Å². The first-order valence-electron chi connectivity index (χ1n) is 10.7. The van der Waals surface area contributed by atoms with E-state index in [2.05, 4.69) is 42.6 Å². The number of ether oxygens (including phenoxy) is 1. The predicted molar refractivity (Wildman–Crippen MR) is 118 cm³/mol. The maximum Gasteiger partial charge on any atom is 0.154 e. The molecular formula is C22H27N7O. The minimum atomic E-state index is 0.602. The second-order valence-corrected chi connectivity index (χ2v) is 7.88. The highest BCUT2D eigenvalue weighted by Crippen LogP contribution is 2.26. The Morgan fingerprint density at radius 3 is 2.83 bits per heavy atom. The van der Waals surface area contributed by atoms with Gasteiger partial charge in [-0.2, -0.15) is 0 Å². The Bertz CT molecular complexity index is 982. The van der Waals surface area contributed by atoms with Crippen molar-refractivity contribution < 1.29 is 4.74 Å². The van der Waals surface area contributed by atoms with Gasteiger partial charge in [0.2, 0.25) is 0 Å². The summed E-state index contributed by atoms with van der Waals surface area (Å²) in [5.74, 6) is 2.37. The Labute approximate surface area is 176 Å². The van der Waals surface area contributed by atoms with Crippen LogP contribution in [0.2, 0.25) is 0 Å². The monoisotopic (exact) mass is 405 g/mol. The van der Waals surface area contributed by atoms with Crippen LogP contribution in [0.3, 0.4) is 0 Å². The number of fused-ring (bicyclic) bond motifs is 1. The smallest absolute Gasteiger partial charge is 0.154 e. The summed E-state index contributed by atoms with van der Waals surface area (Å²) >= 11 is 0. The van der Waals surface area contributed by atoms with Crippen molar-refractivity contribution in [3.63, 3.8) is 0 Å². The molecule has 0 aromatic carbocycles. The maximum atomic E-state index is 5.43. The zero-order valence-electron chi connectivity index (χ0n) is 17.0. The minimum Gasteiger partial charge on any atom is -0.378 e. The molecule has 0 aliphatic carbocycles. The normalized spacial score (nSPS) is 19.7. The summed E-state index contributed by atoms with van der Waals surface area (Å²) in [6.45, 7) is 6.29. The van der Waals surface area contributed by atoms with Crippen LogP contribution < -0.4 is 15.5 Å². The predicted octanol–water partition coefficient (Wildman–Crippen LogP) is 2.33. The molecule has 3 aromatic heterocycles. The number of piperidine rings is 1. The molecule has 5 rings (SSSR count). The van der Waals surface area contributed by atoms with Crippen LogP contribution >= 0.6 is 0 Å². The van der Waals surface area contributed by atoms with E-state index in [1.807, 2.05) is 12.3 Å². The number of aromatic nitrogens is 4. The van der Waals surface area contributed by atoms with E-state index < -0.39 is 0 Å². The van der Waals surface area contributed by atoms with Crippen LogP contribution in [0.15, 0.2) is 36.8 Å². The molecule has 30 heavy (non-hydrogen) atoms. The van der Waals surface area contributed by atoms with Gasteiger partial charge in [-0.3, -0.25) is 4.98 Å². The minimum absolute atomic E-state index is 0.602. The van der Waals surface area contributed by atoms with Gasteiger partial charge in [-0.25, -0.2) is 15.0 Å². The van der Waals surface area contributed by atoms with Gasteiger partial charge in [-0.05, 0) is 50.0 Å². The summed E-state index contributed by atoms with van der Waals surface area (Å²) < 4.78 is 5.43. The molecule has 5 heterocycles. The van der Waals surface area contributed by atoms with E-state index in [4.69, 9.17) is 9.72 Å². The van der Waals surface area contributed by atoms with E-state index in [1.165, 1.54) is 12.8 Å². The highest BCUT2D eigenvalue weighted by Gasteiger charge is 2.16. The fraction of sp³-hybridized carbons (Fsp3) is 0.455. The third kappa shape index (κ3) is 4.20. The van der Waals surface area contributed by atoms with Gasteiger partial charge in [0.15, 0.2) is 5.82 Å². The van der Waals surface area contributed by atoms with E-state index in [9.17, 15) is 0 Å². The number of morpholine rings is 1. The maximum absolute atomic E-state index is 5.43. The Morgan fingerprint density at radius 2 is 2.03 bits per heavy atom.